The summed E-state index contributed by atoms with van der Waals surface area (Å²) in [5.74, 6) is 0.577. The minimum atomic E-state index is -0.101. The van der Waals surface area contributed by atoms with E-state index in [1.807, 2.05) is 12.1 Å². The summed E-state index contributed by atoms with van der Waals surface area (Å²) in [6, 6.07) is 6.09. The Bertz CT molecular complexity index is 403. The first kappa shape index (κ1) is 13.3. The standard InChI is InChI=1S/C15H23FN2/c1-11(2)17-9-13-6-7-18(10-13)14-5-4-12(3)15(16)8-14/h4-5,8,11,13,17H,6-7,9-10H2,1-3H3. The molecule has 3 heteroatoms. The van der Waals surface area contributed by atoms with E-state index >= 15 is 0 Å². The Morgan fingerprint density at radius 3 is 2.89 bits per heavy atom. The van der Waals surface area contributed by atoms with Gasteiger partial charge in [-0.2, -0.15) is 0 Å². The Kier molecular flexibility index (Phi) is 4.23. The van der Waals surface area contributed by atoms with Crippen LogP contribution in [0.5, 0.6) is 0 Å². The predicted molar refractivity (Wildman–Crippen MR) is 74.6 cm³/mol. The summed E-state index contributed by atoms with van der Waals surface area (Å²) in [6.07, 6.45) is 1.19. The maximum Gasteiger partial charge on any atom is 0.128 e. The fraction of sp³-hybridized carbons (Fsp3) is 0.600. The zero-order valence-corrected chi connectivity index (χ0v) is 11.5. The zero-order valence-electron chi connectivity index (χ0n) is 11.5. The fourth-order valence-corrected chi connectivity index (χ4v) is 2.41. The van der Waals surface area contributed by atoms with Crippen LogP contribution in [-0.4, -0.2) is 25.7 Å². The van der Waals surface area contributed by atoms with Crippen LogP contribution in [0, 0.1) is 18.7 Å². The third-order valence-electron chi connectivity index (χ3n) is 3.62. The molecule has 0 aromatic heterocycles. The molecule has 1 aliphatic rings. The highest BCUT2D eigenvalue weighted by Gasteiger charge is 2.22. The molecule has 0 amide bonds. The second-order valence-electron chi connectivity index (χ2n) is 5.60. The summed E-state index contributed by atoms with van der Waals surface area (Å²) in [5.41, 5.74) is 1.74. The summed E-state index contributed by atoms with van der Waals surface area (Å²) >= 11 is 0. The van der Waals surface area contributed by atoms with Gasteiger partial charge in [0.15, 0.2) is 0 Å². The second-order valence-corrected chi connectivity index (χ2v) is 5.60. The van der Waals surface area contributed by atoms with E-state index < -0.39 is 0 Å². The van der Waals surface area contributed by atoms with Crippen molar-refractivity contribution in [3.8, 4) is 0 Å². The molecule has 0 saturated carbocycles. The third kappa shape index (κ3) is 3.22. The molecule has 0 bridgehead atoms. The number of nitrogens with one attached hydrogen (secondary N) is 1. The molecule has 0 radical (unpaired) electrons. The molecule has 1 fully saturated rings. The van der Waals surface area contributed by atoms with Crippen molar-refractivity contribution in [2.75, 3.05) is 24.5 Å². The van der Waals surface area contributed by atoms with Crippen molar-refractivity contribution < 1.29 is 4.39 Å². The van der Waals surface area contributed by atoms with E-state index in [0.29, 0.717) is 12.0 Å². The quantitative estimate of drug-likeness (QED) is 0.884. The summed E-state index contributed by atoms with van der Waals surface area (Å²) < 4.78 is 13.5. The van der Waals surface area contributed by atoms with Gasteiger partial charge in [-0.15, -0.1) is 0 Å². The number of hydrogen-bond acceptors (Lipinski definition) is 2. The summed E-state index contributed by atoms with van der Waals surface area (Å²) in [5, 5.41) is 3.48. The van der Waals surface area contributed by atoms with Crippen LogP contribution in [0.2, 0.25) is 0 Å². The van der Waals surface area contributed by atoms with Crippen LogP contribution in [0.15, 0.2) is 18.2 Å². The topological polar surface area (TPSA) is 15.3 Å². The van der Waals surface area contributed by atoms with Crippen molar-refractivity contribution in [2.24, 2.45) is 5.92 Å². The first-order chi connectivity index (χ1) is 8.56. The predicted octanol–water partition coefficient (Wildman–Crippen LogP) is 2.96. The first-order valence-electron chi connectivity index (χ1n) is 6.80. The molecular formula is C15H23FN2. The van der Waals surface area contributed by atoms with Gasteiger partial charge in [0.05, 0.1) is 0 Å². The maximum absolute atomic E-state index is 13.5. The molecule has 1 aromatic carbocycles. The van der Waals surface area contributed by atoms with Crippen molar-refractivity contribution >= 4 is 5.69 Å². The lowest BCUT2D eigenvalue weighted by Crippen LogP contribution is -2.30. The van der Waals surface area contributed by atoms with E-state index in [1.165, 1.54) is 6.42 Å². The van der Waals surface area contributed by atoms with E-state index in [2.05, 4.69) is 24.1 Å². The van der Waals surface area contributed by atoms with Gasteiger partial charge in [-0.3, -0.25) is 0 Å². The fourth-order valence-electron chi connectivity index (χ4n) is 2.41. The van der Waals surface area contributed by atoms with Crippen LogP contribution >= 0.6 is 0 Å². The molecular weight excluding hydrogens is 227 g/mol. The minimum Gasteiger partial charge on any atom is -0.371 e. The van der Waals surface area contributed by atoms with Gasteiger partial charge in [0.2, 0.25) is 0 Å². The molecule has 0 aliphatic carbocycles. The molecule has 2 nitrogen and oxygen atoms in total. The van der Waals surface area contributed by atoms with Gasteiger partial charge >= 0.3 is 0 Å². The highest BCUT2D eigenvalue weighted by molar-refractivity contribution is 5.49. The smallest absolute Gasteiger partial charge is 0.128 e. The molecule has 1 heterocycles. The second kappa shape index (κ2) is 5.70. The highest BCUT2D eigenvalue weighted by atomic mass is 19.1. The highest BCUT2D eigenvalue weighted by Crippen LogP contribution is 2.25. The Morgan fingerprint density at radius 1 is 1.44 bits per heavy atom. The lowest BCUT2D eigenvalue weighted by Gasteiger charge is -2.19. The lowest BCUT2D eigenvalue weighted by molar-refractivity contribution is 0.480. The first-order valence-corrected chi connectivity index (χ1v) is 6.80. The third-order valence-corrected chi connectivity index (χ3v) is 3.62. The van der Waals surface area contributed by atoms with Gasteiger partial charge in [-0.05, 0) is 43.5 Å². The summed E-state index contributed by atoms with van der Waals surface area (Å²) in [6.45, 7) is 9.26. The van der Waals surface area contributed by atoms with Gasteiger partial charge in [0.25, 0.3) is 0 Å². The number of nitrogens with zero attached hydrogens (tertiary/aromatic N) is 1. The molecule has 0 spiro atoms. The minimum absolute atomic E-state index is 0.101. The van der Waals surface area contributed by atoms with Crippen molar-refractivity contribution in [2.45, 2.75) is 33.2 Å². The van der Waals surface area contributed by atoms with Crippen LogP contribution in [0.4, 0.5) is 10.1 Å². The Morgan fingerprint density at radius 2 is 2.22 bits per heavy atom. The number of aryl methyl sites for hydroxylation is 1. The van der Waals surface area contributed by atoms with Crippen LogP contribution in [0.1, 0.15) is 25.8 Å². The van der Waals surface area contributed by atoms with Crippen LogP contribution in [0.25, 0.3) is 0 Å². The maximum atomic E-state index is 13.5. The van der Waals surface area contributed by atoms with Crippen molar-refractivity contribution in [3.63, 3.8) is 0 Å². The lowest BCUT2D eigenvalue weighted by atomic mass is 10.1. The molecule has 2 rings (SSSR count). The number of rotatable bonds is 4. The number of halogens is 1. The normalized spacial score (nSPS) is 19.8. The van der Waals surface area contributed by atoms with E-state index in [9.17, 15) is 4.39 Å². The van der Waals surface area contributed by atoms with E-state index in [1.54, 1.807) is 13.0 Å². The van der Waals surface area contributed by atoms with Crippen molar-refractivity contribution in [1.29, 1.82) is 0 Å². The van der Waals surface area contributed by atoms with E-state index in [0.717, 1.165) is 30.9 Å². The largest absolute Gasteiger partial charge is 0.371 e. The van der Waals surface area contributed by atoms with Crippen molar-refractivity contribution in [3.05, 3.63) is 29.6 Å². The summed E-state index contributed by atoms with van der Waals surface area (Å²) in [7, 11) is 0. The van der Waals surface area contributed by atoms with E-state index in [4.69, 9.17) is 0 Å². The van der Waals surface area contributed by atoms with Crippen LogP contribution in [0.3, 0.4) is 0 Å². The number of anilines is 1. The Balaban J connectivity index is 1.93. The van der Waals surface area contributed by atoms with Crippen molar-refractivity contribution in [1.82, 2.24) is 5.32 Å². The summed E-state index contributed by atoms with van der Waals surface area (Å²) in [4.78, 5) is 2.29. The number of hydrogen-bond donors (Lipinski definition) is 1. The molecule has 1 N–H and O–H groups in total. The molecule has 1 atom stereocenters. The molecule has 1 aliphatic heterocycles. The molecule has 1 saturated heterocycles. The van der Waals surface area contributed by atoms with Gasteiger partial charge in [0.1, 0.15) is 5.82 Å². The Hall–Kier alpha value is -1.09. The molecule has 1 unspecified atom stereocenters. The average Bonchev–Trinajstić information content (AvgIpc) is 2.79. The number of benzene rings is 1. The van der Waals surface area contributed by atoms with Gasteiger partial charge < -0.3 is 10.2 Å². The molecule has 1 aromatic rings. The molecule has 100 valence electrons. The van der Waals surface area contributed by atoms with Crippen LogP contribution in [-0.2, 0) is 0 Å². The average molecular weight is 250 g/mol. The SMILES string of the molecule is Cc1ccc(N2CCC(CNC(C)C)C2)cc1F. The van der Waals surface area contributed by atoms with E-state index in [-0.39, 0.29) is 5.82 Å². The zero-order chi connectivity index (χ0) is 13.1. The van der Waals surface area contributed by atoms with Gasteiger partial charge in [-0.25, -0.2) is 4.39 Å². The Labute approximate surface area is 109 Å². The van der Waals surface area contributed by atoms with Gasteiger partial charge in [-0.1, -0.05) is 19.9 Å². The monoisotopic (exact) mass is 250 g/mol. The van der Waals surface area contributed by atoms with Crippen LogP contribution < -0.4 is 10.2 Å². The van der Waals surface area contributed by atoms with Gasteiger partial charge in [0, 0.05) is 24.8 Å². The molecule has 18 heavy (non-hydrogen) atoms.